The van der Waals surface area contributed by atoms with E-state index in [2.05, 4.69) is 21.2 Å². The fourth-order valence-corrected chi connectivity index (χ4v) is 0.636. The quantitative estimate of drug-likeness (QED) is 0.554. The van der Waals surface area contributed by atoms with Gasteiger partial charge in [-0.2, -0.15) is 8.78 Å². The molecule has 0 aliphatic rings. The Balaban J connectivity index is 3.22. The third-order valence-corrected chi connectivity index (χ3v) is 1.37. The second-order valence-corrected chi connectivity index (χ2v) is 2.43. The Bertz CT molecular complexity index is 110. The third kappa shape index (κ3) is 4.67. The highest BCUT2D eigenvalue weighted by Gasteiger charge is 2.12. The van der Waals surface area contributed by atoms with Crippen molar-refractivity contribution in [1.29, 1.82) is 0 Å². The lowest BCUT2D eigenvalue weighted by Crippen LogP contribution is -2.30. The van der Waals surface area contributed by atoms with Gasteiger partial charge in [0.1, 0.15) is 0 Å². The van der Waals surface area contributed by atoms with E-state index in [0.717, 1.165) is 0 Å². The molecule has 0 aromatic carbocycles. The van der Waals surface area contributed by atoms with Gasteiger partial charge in [0.05, 0.1) is 0 Å². The first-order valence-electron chi connectivity index (χ1n) is 2.80. The lowest BCUT2D eigenvalue weighted by Gasteiger charge is -2.00. The van der Waals surface area contributed by atoms with E-state index in [1.54, 1.807) is 0 Å². The molecule has 1 amide bonds. The van der Waals surface area contributed by atoms with Crippen LogP contribution in [0.15, 0.2) is 0 Å². The van der Waals surface area contributed by atoms with Crippen molar-refractivity contribution >= 4 is 21.8 Å². The number of rotatable bonds is 4. The van der Waals surface area contributed by atoms with E-state index in [4.69, 9.17) is 0 Å². The predicted octanol–water partition coefficient (Wildman–Crippen LogP) is 1.15. The zero-order chi connectivity index (χ0) is 7.98. The fraction of sp³-hybridized carbons (Fsp3) is 0.800. The zero-order valence-corrected chi connectivity index (χ0v) is 6.83. The van der Waals surface area contributed by atoms with Gasteiger partial charge in [-0.1, -0.05) is 15.9 Å². The van der Waals surface area contributed by atoms with Crippen LogP contribution in [0.2, 0.25) is 0 Å². The van der Waals surface area contributed by atoms with Crippen molar-refractivity contribution in [2.75, 3.05) is 11.9 Å². The van der Waals surface area contributed by atoms with Gasteiger partial charge in [0, 0.05) is 11.9 Å². The standard InChI is InChI=1S/C5H8BrF2NO/c6-2-1-3-9-5(10)4(7)8/h4H,1-3H2,(H,9,10). The highest BCUT2D eigenvalue weighted by Crippen LogP contribution is 1.91. The van der Waals surface area contributed by atoms with Gasteiger partial charge in [-0.15, -0.1) is 0 Å². The maximum atomic E-state index is 11.4. The van der Waals surface area contributed by atoms with Gasteiger partial charge in [-0.3, -0.25) is 4.79 Å². The summed E-state index contributed by atoms with van der Waals surface area (Å²) in [7, 11) is 0. The van der Waals surface area contributed by atoms with Crippen LogP contribution in [0.3, 0.4) is 0 Å². The van der Waals surface area contributed by atoms with Crippen molar-refractivity contribution in [3.63, 3.8) is 0 Å². The van der Waals surface area contributed by atoms with Gasteiger partial charge in [-0.05, 0) is 6.42 Å². The first-order valence-corrected chi connectivity index (χ1v) is 3.92. The van der Waals surface area contributed by atoms with Crippen molar-refractivity contribution in [2.45, 2.75) is 12.8 Å². The molecule has 0 spiro atoms. The van der Waals surface area contributed by atoms with Crippen LogP contribution in [-0.2, 0) is 4.79 Å². The summed E-state index contributed by atoms with van der Waals surface area (Å²) in [5, 5.41) is 2.77. The van der Waals surface area contributed by atoms with Gasteiger partial charge in [0.25, 0.3) is 5.91 Å². The maximum absolute atomic E-state index is 11.4. The fourth-order valence-electron chi connectivity index (χ4n) is 0.356. The van der Waals surface area contributed by atoms with Crippen molar-refractivity contribution in [1.82, 2.24) is 5.32 Å². The third-order valence-electron chi connectivity index (χ3n) is 0.808. The molecule has 0 aliphatic carbocycles. The molecule has 0 atom stereocenters. The minimum atomic E-state index is -2.89. The Kier molecular flexibility index (Phi) is 5.48. The molecule has 0 aromatic rings. The van der Waals surface area contributed by atoms with E-state index in [1.165, 1.54) is 0 Å². The monoisotopic (exact) mass is 215 g/mol. The molecule has 0 radical (unpaired) electrons. The zero-order valence-electron chi connectivity index (χ0n) is 5.24. The number of hydrogen-bond donors (Lipinski definition) is 1. The maximum Gasteiger partial charge on any atom is 0.315 e. The highest BCUT2D eigenvalue weighted by atomic mass is 79.9. The molecule has 0 fully saturated rings. The van der Waals surface area contributed by atoms with Crippen LogP contribution in [-0.4, -0.2) is 24.2 Å². The van der Waals surface area contributed by atoms with Crippen molar-refractivity contribution < 1.29 is 13.6 Å². The molecule has 0 saturated carbocycles. The van der Waals surface area contributed by atoms with Crippen LogP contribution in [0.25, 0.3) is 0 Å². The van der Waals surface area contributed by atoms with E-state index >= 15 is 0 Å². The summed E-state index contributed by atoms with van der Waals surface area (Å²) >= 11 is 3.10. The Morgan fingerprint density at radius 1 is 1.60 bits per heavy atom. The Labute approximate surface area is 66.1 Å². The second-order valence-electron chi connectivity index (χ2n) is 1.63. The summed E-state index contributed by atoms with van der Waals surface area (Å²) in [4.78, 5) is 10.1. The van der Waals surface area contributed by atoms with Gasteiger partial charge >= 0.3 is 6.43 Å². The van der Waals surface area contributed by atoms with Crippen molar-refractivity contribution in [3.8, 4) is 0 Å². The Morgan fingerprint density at radius 2 is 2.20 bits per heavy atom. The van der Waals surface area contributed by atoms with Crippen LogP contribution < -0.4 is 5.32 Å². The second kappa shape index (κ2) is 5.58. The number of halogens is 3. The molecule has 0 aromatic heterocycles. The summed E-state index contributed by atoms with van der Waals surface area (Å²) in [5.74, 6) is -1.19. The van der Waals surface area contributed by atoms with Gasteiger partial charge in [0.2, 0.25) is 0 Å². The van der Waals surface area contributed by atoms with Crippen molar-refractivity contribution in [2.24, 2.45) is 0 Å². The number of alkyl halides is 3. The number of nitrogens with one attached hydrogen (secondary N) is 1. The van der Waals surface area contributed by atoms with Crippen LogP contribution in [0.5, 0.6) is 0 Å². The van der Waals surface area contributed by atoms with Gasteiger partial charge < -0.3 is 5.32 Å². The van der Waals surface area contributed by atoms with Crippen LogP contribution in [0.4, 0.5) is 8.78 Å². The number of carbonyl (C=O) groups excluding carboxylic acids is 1. The van der Waals surface area contributed by atoms with Crippen LogP contribution in [0, 0.1) is 0 Å². The lowest BCUT2D eigenvalue weighted by atomic mass is 10.5. The van der Waals surface area contributed by atoms with Crippen molar-refractivity contribution in [3.05, 3.63) is 0 Å². The van der Waals surface area contributed by atoms with E-state index in [9.17, 15) is 13.6 Å². The Hall–Kier alpha value is -0.190. The molecule has 0 bridgehead atoms. The number of hydrogen-bond acceptors (Lipinski definition) is 1. The molecule has 60 valence electrons. The molecule has 1 N–H and O–H groups in total. The Morgan fingerprint density at radius 3 is 2.60 bits per heavy atom. The molecule has 0 heterocycles. The lowest BCUT2D eigenvalue weighted by molar-refractivity contribution is -0.131. The molecular formula is C5H8BrF2NO. The average Bonchev–Trinajstić information content (AvgIpc) is 1.88. The molecule has 2 nitrogen and oxygen atoms in total. The minimum Gasteiger partial charge on any atom is -0.351 e. The molecule has 0 rings (SSSR count). The molecule has 10 heavy (non-hydrogen) atoms. The predicted molar refractivity (Wildman–Crippen MR) is 37.4 cm³/mol. The van der Waals surface area contributed by atoms with Gasteiger partial charge in [-0.25, -0.2) is 0 Å². The normalized spacial score (nSPS) is 10.0. The van der Waals surface area contributed by atoms with E-state index in [-0.39, 0.29) is 0 Å². The first kappa shape index (κ1) is 9.81. The highest BCUT2D eigenvalue weighted by molar-refractivity contribution is 9.09. The summed E-state index contributed by atoms with van der Waals surface area (Å²) in [5.41, 5.74) is 0. The SMILES string of the molecule is O=C(NCCCBr)C(F)F. The topological polar surface area (TPSA) is 29.1 Å². The minimum absolute atomic E-state index is 0.300. The summed E-state index contributed by atoms with van der Waals surface area (Å²) in [6.07, 6.45) is -2.23. The number of amides is 1. The largest absolute Gasteiger partial charge is 0.351 e. The number of carbonyl (C=O) groups is 1. The van der Waals surface area contributed by atoms with Crippen LogP contribution in [0.1, 0.15) is 6.42 Å². The smallest absolute Gasteiger partial charge is 0.315 e. The average molecular weight is 216 g/mol. The van der Waals surface area contributed by atoms with Gasteiger partial charge in [0.15, 0.2) is 0 Å². The van der Waals surface area contributed by atoms with Crippen LogP contribution >= 0.6 is 15.9 Å². The molecule has 0 saturated heterocycles. The molecule has 0 aliphatic heterocycles. The molecule has 0 unspecified atom stereocenters. The summed E-state index contributed by atoms with van der Waals surface area (Å²) in [6.45, 7) is 0.300. The van der Waals surface area contributed by atoms with E-state index < -0.39 is 12.3 Å². The van der Waals surface area contributed by atoms with E-state index in [0.29, 0.717) is 18.3 Å². The summed E-state index contributed by atoms with van der Waals surface area (Å²) < 4.78 is 22.9. The first-order chi connectivity index (χ1) is 4.68. The molecular weight excluding hydrogens is 208 g/mol. The summed E-state index contributed by atoms with van der Waals surface area (Å²) in [6, 6.07) is 0. The van der Waals surface area contributed by atoms with E-state index in [1.807, 2.05) is 0 Å². The molecule has 5 heteroatoms.